The molecule has 5 aromatic carbocycles. The summed E-state index contributed by atoms with van der Waals surface area (Å²) in [6.07, 6.45) is 4.89. The normalized spacial score (nSPS) is 22.2. The molecule has 330 valence electrons. The molecule has 3 aliphatic heterocycles. The lowest BCUT2D eigenvalue weighted by Crippen LogP contribution is -2.66. The monoisotopic (exact) mass is 874 g/mol. The second kappa shape index (κ2) is 18.6. The van der Waals surface area contributed by atoms with Crippen molar-refractivity contribution in [3.8, 4) is 5.75 Å². The molecule has 0 aromatic heterocycles. The molecule has 2 amide bonds. The Balaban J connectivity index is 1.05. The zero-order valence-electron chi connectivity index (χ0n) is 37.2. The van der Waals surface area contributed by atoms with Crippen molar-refractivity contribution in [3.63, 3.8) is 0 Å². The molecule has 1 N–H and O–H groups in total. The van der Waals surface area contributed by atoms with E-state index >= 15 is 0 Å². The van der Waals surface area contributed by atoms with Gasteiger partial charge in [-0.1, -0.05) is 154 Å². The third-order valence-electron chi connectivity index (χ3n) is 14.2. The number of hydrogen-bond acceptors (Lipinski definition) is 6. The van der Waals surface area contributed by atoms with Gasteiger partial charge in [0.05, 0.1) is 31.2 Å². The van der Waals surface area contributed by atoms with Crippen molar-refractivity contribution in [1.29, 1.82) is 0 Å². The molecule has 4 atom stereocenters. The number of allylic oxidation sites excluding steroid dienone is 1. The number of rotatable bonds is 13. The zero-order chi connectivity index (χ0) is 44.4. The molecule has 9 rings (SSSR count). The van der Waals surface area contributed by atoms with Crippen LogP contribution < -0.4 is 10.4 Å². The van der Waals surface area contributed by atoms with E-state index < -0.39 is 26.0 Å². The largest absolute Gasteiger partial charge is 0.505 e. The number of likely N-dealkylation sites (tertiary alicyclic amines) is 2. The third kappa shape index (κ3) is 8.59. The van der Waals surface area contributed by atoms with Crippen LogP contribution in [0.4, 0.5) is 4.39 Å². The van der Waals surface area contributed by atoms with Crippen molar-refractivity contribution in [3.05, 3.63) is 173 Å². The molecular weight excluding hydrogens is 816 g/mol. The van der Waals surface area contributed by atoms with Crippen molar-refractivity contribution >= 4 is 42.2 Å². The molecule has 7 nitrogen and oxygen atoms in total. The van der Waals surface area contributed by atoms with Gasteiger partial charge in [0.2, 0.25) is 11.8 Å². The molecule has 3 fully saturated rings. The third-order valence-corrected chi connectivity index (χ3v) is 19.2. The van der Waals surface area contributed by atoms with Crippen LogP contribution in [0, 0.1) is 23.6 Å². The fourth-order valence-electron chi connectivity index (χ4n) is 11.2. The van der Waals surface area contributed by atoms with E-state index in [2.05, 4.69) is 111 Å². The van der Waals surface area contributed by atoms with E-state index in [-0.39, 0.29) is 40.7 Å². The number of hydrogen-bond donors (Lipinski definition) is 1. The number of halogens is 1. The minimum absolute atomic E-state index is 0.0441. The molecule has 0 bridgehead atoms. The summed E-state index contributed by atoms with van der Waals surface area (Å²) in [6.45, 7) is 10.0. The molecule has 4 aliphatic rings. The number of aromatic hydroxyl groups is 1. The van der Waals surface area contributed by atoms with Crippen LogP contribution in [0.2, 0.25) is 5.04 Å². The van der Waals surface area contributed by atoms with E-state index in [4.69, 9.17) is 9.16 Å². The van der Waals surface area contributed by atoms with Crippen LogP contribution in [0.3, 0.4) is 0 Å². The maximum absolute atomic E-state index is 14.8. The second-order valence-electron chi connectivity index (χ2n) is 19.1. The number of carbonyl (C=O) groups is 2. The van der Waals surface area contributed by atoms with Gasteiger partial charge in [0.25, 0.3) is 8.32 Å². The Labute approximate surface area is 378 Å². The molecule has 0 radical (unpaired) electrons. The number of phenolic OH excluding ortho intramolecular Hbond substituents is 1. The fraction of sp³-hybridized carbons (Fsp3) is 0.345. The smallest absolute Gasteiger partial charge is 0.261 e. The number of benzene rings is 5. The quantitative estimate of drug-likeness (QED) is 0.0550. The van der Waals surface area contributed by atoms with Gasteiger partial charge in [-0.05, 0) is 93.1 Å². The van der Waals surface area contributed by atoms with Crippen LogP contribution in [-0.4, -0.2) is 73.5 Å². The number of amides is 2. The van der Waals surface area contributed by atoms with Gasteiger partial charge in [-0.2, -0.15) is 0 Å². The highest BCUT2D eigenvalue weighted by Crippen LogP contribution is 2.51. The average molecular weight is 875 g/mol. The Morgan fingerprint density at radius 1 is 0.812 bits per heavy atom. The van der Waals surface area contributed by atoms with Crippen molar-refractivity contribution in [2.75, 3.05) is 26.3 Å². The highest BCUT2D eigenvalue weighted by Gasteiger charge is 2.59. The Morgan fingerprint density at radius 2 is 1.42 bits per heavy atom. The fourth-order valence-corrected chi connectivity index (χ4v) is 15.7. The topological polar surface area (TPSA) is 79.3 Å². The van der Waals surface area contributed by atoms with E-state index in [9.17, 15) is 19.1 Å². The summed E-state index contributed by atoms with van der Waals surface area (Å²) >= 11 is 0. The lowest BCUT2D eigenvalue weighted by atomic mass is 9.69. The summed E-state index contributed by atoms with van der Waals surface area (Å²) in [5.74, 6) is -2.32. The molecular formula is C55H59FN2O5Si. The molecule has 1 aliphatic carbocycles. The van der Waals surface area contributed by atoms with Gasteiger partial charge in [0.1, 0.15) is 0 Å². The lowest BCUT2D eigenvalue weighted by molar-refractivity contribution is -0.144. The predicted molar refractivity (Wildman–Crippen MR) is 254 cm³/mol. The average Bonchev–Trinajstić information content (AvgIpc) is 3.84. The first-order valence-electron chi connectivity index (χ1n) is 23.0. The molecule has 3 heterocycles. The summed E-state index contributed by atoms with van der Waals surface area (Å²) in [7, 11) is -2.97. The van der Waals surface area contributed by atoms with Gasteiger partial charge >= 0.3 is 0 Å². The van der Waals surface area contributed by atoms with E-state index in [0.717, 1.165) is 54.8 Å². The maximum Gasteiger partial charge on any atom is 0.261 e. The minimum atomic E-state index is -2.97. The van der Waals surface area contributed by atoms with Crippen LogP contribution in [0.25, 0.3) is 11.6 Å². The van der Waals surface area contributed by atoms with Gasteiger partial charge in [-0.3, -0.25) is 19.4 Å². The Kier molecular flexibility index (Phi) is 12.7. The van der Waals surface area contributed by atoms with Crippen molar-refractivity contribution < 1.29 is 28.2 Å². The highest BCUT2D eigenvalue weighted by atomic mass is 28.4. The number of fused-ring (bicyclic) bond motifs is 3. The summed E-state index contributed by atoms with van der Waals surface area (Å²) in [5.41, 5.74) is 6.13. The maximum atomic E-state index is 14.8. The number of carbonyl (C=O) groups excluding carboxylic acids is 2. The summed E-state index contributed by atoms with van der Waals surface area (Å²) in [5, 5.41) is 12.0. The number of ether oxygens (including phenoxy) is 1. The first-order valence-corrected chi connectivity index (χ1v) is 24.9. The molecule has 64 heavy (non-hydrogen) atoms. The van der Waals surface area contributed by atoms with Gasteiger partial charge in [-0.15, -0.1) is 0 Å². The summed E-state index contributed by atoms with van der Waals surface area (Å²) < 4.78 is 29.0. The Bertz CT molecular complexity index is 2460. The van der Waals surface area contributed by atoms with Crippen LogP contribution in [-0.2, 0) is 25.3 Å². The van der Waals surface area contributed by atoms with Gasteiger partial charge in [0.15, 0.2) is 11.6 Å². The van der Waals surface area contributed by atoms with Crippen molar-refractivity contribution in [2.45, 2.75) is 76.6 Å². The summed E-state index contributed by atoms with van der Waals surface area (Å²) in [4.78, 5) is 33.7. The molecule has 0 saturated carbocycles. The van der Waals surface area contributed by atoms with Crippen molar-refractivity contribution in [1.82, 2.24) is 9.80 Å². The van der Waals surface area contributed by atoms with E-state index in [1.165, 1.54) is 28.1 Å². The van der Waals surface area contributed by atoms with Crippen molar-refractivity contribution in [2.24, 2.45) is 17.8 Å². The number of imide groups is 1. The first kappa shape index (κ1) is 43.8. The van der Waals surface area contributed by atoms with Gasteiger partial charge < -0.3 is 14.3 Å². The minimum Gasteiger partial charge on any atom is -0.505 e. The molecule has 0 spiro atoms. The second-order valence-corrected chi connectivity index (χ2v) is 23.4. The molecule has 5 aromatic rings. The number of piperidine rings is 1. The van der Waals surface area contributed by atoms with E-state index in [1.807, 2.05) is 42.5 Å². The SMILES string of the molecule is CC(C)(C)[Si](OCC1=C2[C@@H](CC/C(=C/c3ccc(O)c(F)c3)c3ccccc3)OC[C@@H]2[C@@H]2C(=O)N(C3CCN(Cc4ccccc4)CC3)C(=O)[C@@H]2C1)(c1ccccc1)c1ccccc1. The van der Waals surface area contributed by atoms with Gasteiger partial charge in [0, 0.05) is 31.6 Å². The van der Waals surface area contributed by atoms with Crippen LogP contribution in [0.1, 0.15) is 69.6 Å². The molecule has 0 unspecified atom stereocenters. The van der Waals surface area contributed by atoms with E-state index in [1.54, 1.807) is 11.0 Å². The van der Waals surface area contributed by atoms with E-state index in [0.29, 0.717) is 38.0 Å². The first-order chi connectivity index (χ1) is 31.0. The highest BCUT2D eigenvalue weighted by molar-refractivity contribution is 6.99. The molecule has 9 heteroatoms. The lowest BCUT2D eigenvalue weighted by Gasteiger charge is -2.44. The van der Waals surface area contributed by atoms with Crippen LogP contribution in [0.15, 0.2) is 151 Å². The number of phenols is 1. The van der Waals surface area contributed by atoms with Crippen LogP contribution in [0.5, 0.6) is 5.75 Å². The summed E-state index contributed by atoms with van der Waals surface area (Å²) in [6, 6.07) is 46.1. The predicted octanol–water partition coefficient (Wildman–Crippen LogP) is 9.41. The molecule has 3 saturated heterocycles. The Hall–Kier alpha value is -5.45. The number of nitrogens with zero attached hydrogens (tertiary/aromatic N) is 2. The zero-order valence-corrected chi connectivity index (χ0v) is 38.2. The Morgan fingerprint density at radius 3 is 2.03 bits per heavy atom. The van der Waals surface area contributed by atoms with Crippen LogP contribution >= 0.6 is 0 Å². The van der Waals surface area contributed by atoms with Gasteiger partial charge in [-0.25, -0.2) is 4.39 Å². The standard InChI is InChI=1S/C55H59FN2O5Si/c1-55(2,3)64(44-20-12-6-13-21-44,45-22-14-7-15-23-45)63-36-42-34-46-52(54(61)58(53(46)60)43-28-30-57(31-29-43)35-38-16-8-4-9-17-38)47-37-62-50(51(42)47)27-25-41(40-18-10-5-11-19-40)32-39-24-26-49(59)48(56)33-39/h4-24,26,32-33,43,46-47,50,52,59H,25,27-31,34-37H2,1-3H3/b41-32-/t46-,47+,50-,52-/m1/s1.